The van der Waals surface area contributed by atoms with Crippen LogP contribution in [0, 0.1) is 22.7 Å². The normalized spacial score (nSPS) is 26.5. The lowest BCUT2D eigenvalue weighted by atomic mass is 9.77. The van der Waals surface area contributed by atoms with E-state index in [1.165, 1.54) is 6.21 Å². The number of halogens is 3. The number of ether oxygens (including phenoxy) is 1. The Morgan fingerprint density at radius 1 is 1.09 bits per heavy atom. The molecule has 2 aromatic rings. The molecule has 2 aromatic heterocycles. The Bertz CT molecular complexity index is 1320. The summed E-state index contributed by atoms with van der Waals surface area (Å²) in [7, 11) is 1.84. The molecule has 3 aliphatic rings. The van der Waals surface area contributed by atoms with Crippen molar-refractivity contribution in [3.05, 3.63) is 47.3 Å². The largest absolute Gasteiger partial charge is 0.469 e. The Morgan fingerprint density at radius 3 is 2.43 bits per heavy atom. The molecule has 44 heavy (non-hydrogen) atoms. The average molecular weight is 618 g/mol. The van der Waals surface area contributed by atoms with Gasteiger partial charge in [-0.15, -0.1) is 10.2 Å². The number of aliphatic imine (C=N–C) groups is 1. The molecule has 2 aliphatic carbocycles. The molecule has 3 fully saturated rings. The van der Waals surface area contributed by atoms with Gasteiger partial charge in [-0.3, -0.25) is 9.89 Å². The fourth-order valence-electron chi connectivity index (χ4n) is 6.80. The van der Waals surface area contributed by atoms with E-state index < -0.39 is 11.7 Å². The zero-order valence-corrected chi connectivity index (χ0v) is 25.1. The van der Waals surface area contributed by atoms with E-state index in [-0.39, 0.29) is 43.0 Å². The van der Waals surface area contributed by atoms with Crippen LogP contribution in [0.15, 0.2) is 35.1 Å². The number of nitrogens with one attached hydrogen (secondary N) is 1. The lowest BCUT2D eigenvalue weighted by Crippen LogP contribution is -2.63. The fourth-order valence-corrected chi connectivity index (χ4v) is 6.80. The van der Waals surface area contributed by atoms with Gasteiger partial charge in [-0.05, 0) is 74.8 Å². The number of aromatic nitrogens is 4. The number of allylic oxidation sites excluding steroid dienone is 1. The molecule has 0 aromatic carbocycles. The second-order valence-corrected chi connectivity index (χ2v) is 12.6. The first-order valence-electron chi connectivity index (χ1n) is 15.4. The van der Waals surface area contributed by atoms with Crippen LogP contribution in [0.1, 0.15) is 74.5 Å². The van der Waals surface area contributed by atoms with Crippen LogP contribution in [0.2, 0.25) is 0 Å². The van der Waals surface area contributed by atoms with E-state index in [0.29, 0.717) is 17.8 Å². The molecule has 10 nitrogen and oxygen atoms in total. The van der Waals surface area contributed by atoms with E-state index in [9.17, 15) is 23.4 Å². The van der Waals surface area contributed by atoms with E-state index >= 15 is 0 Å². The molecule has 1 saturated heterocycles. The molecule has 0 radical (unpaired) electrons. The SMILES string of the molecule is Cn1c(COc2cc(C(F)(F)F)ccn2)nnc1C1CCC(/C(C=N)=C/N=CC2CCC(N3CC(CO)(CO)C3)CC2)CC1. The maximum absolute atomic E-state index is 13.0. The zero-order chi connectivity index (χ0) is 31.3. The van der Waals surface area contributed by atoms with Crippen molar-refractivity contribution >= 4 is 12.4 Å². The number of hydrogen-bond acceptors (Lipinski definition) is 9. The van der Waals surface area contributed by atoms with Crippen LogP contribution in [0.25, 0.3) is 0 Å². The first-order chi connectivity index (χ1) is 21.1. The van der Waals surface area contributed by atoms with E-state index in [0.717, 1.165) is 94.2 Å². The van der Waals surface area contributed by atoms with Crippen LogP contribution in [0.5, 0.6) is 5.88 Å². The topological polar surface area (TPSA) is 133 Å². The third-order valence-corrected chi connectivity index (χ3v) is 9.67. The Labute approximate surface area is 255 Å². The minimum Gasteiger partial charge on any atom is -0.469 e. The summed E-state index contributed by atoms with van der Waals surface area (Å²) in [6.07, 6.45) is 9.78. The van der Waals surface area contributed by atoms with Crippen molar-refractivity contribution in [2.75, 3.05) is 26.3 Å². The second kappa shape index (κ2) is 13.9. The van der Waals surface area contributed by atoms with Gasteiger partial charge < -0.3 is 24.9 Å². The molecule has 0 amide bonds. The van der Waals surface area contributed by atoms with Gasteiger partial charge in [0.15, 0.2) is 5.82 Å². The van der Waals surface area contributed by atoms with E-state index in [1.54, 1.807) is 0 Å². The molecule has 240 valence electrons. The summed E-state index contributed by atoms with van der Waals surface area (Å²) in [4.78, 5) is 10.9. The van der Waals surface area contributed by atoms with Gasteiger partial charge in [-0.2, -0.15) is 13.2 Å². The first-order valence-corrected chi connectivity index (χ1v) is 15.4. The number of aliphatic hydroxyl groups is 2. The van der Waals surface area contributed by atoms with E-state index in [2.05, 4.69) is 25.1 Å². The molecule has 0 spiro atoms. The number of aliphatic hydroxyl groups excluding tert-OH is 2. The monoisotopic (exact) mass is 617 g/mol. The predicted octanol–water partition coefficient (Wildman–Crippen LogP) is 4.53. The highest BCUT2D eigenvalue weighted by Gasteiger charge is 2.45. The zero-order valence-electron chi connectivity index (χ0n) is 25.1. The van der Waals surface area contributed by atoms with Crippen molar-refractivity contribution in [2.24, 2.45) is 29.3 Å². The Hall–Kier alpha value is -3.16. The lowest BCUT2D eigenvalue weighted by Gasteiger charge is -2.53. The van der Waals surface area contributed by atoms with Gasteiger partial charge in [-0.1, -0.05) is 0 Å². The minimum atomic E-state index is -4.47. The maximum atomic E-state index is 13.0. The molecule has 0 unspecified atom stereocenters. The van der Waals surface area contributed by atoms with Crippen molar-refractivity contribution in [3.63, 3.8) is 0 Å². The first kappa shape index (κ1) is 32.2. The Balaban J connectivity index is 1.08. The number of alkyl halides is 3. The quantitative estimate of drug-likeness (QED) is 0.316. The predicted molar refractivity (Wildman–Crippen MR) is 159 cm³/mol. The van der Waals surface area contributed by atoms with Crippen LogP contribution in [0.4, 0.5) is 13.2 Å². The van der Waals surface area contributed by atoms with E-state index in [1.807, 2.05) is 24.0 Å². The van der Waals surface area contributed by atoms with Gasteiger partial charge in [0.2, 0.25) is 5.88 Å². The van der Waals surface area contributed by atoms with Crippen molar-refractivity contribution in [1.29, 1.82) is 5.41 Å². The molecule has 0 bridgehead atoms. The van der Waals surface area contributed by atoms with Gasteiger partial charge in [0, 0.05) is 68.4 Å². The number of nitrogens with zero attached hydrogens (tertiary/aromatic N) is 6. The third kappa shape index (κ3) is 7.37. The van der Waals surface area contributed by atoms with Gasteiger partial charge in [-0.25, -0.2) is 4.98 Å². The van der Waals surface area contributed by atoms with Gasteiger partial charge in [0.05, 0.1) is 18.8 Å². The standard InChI is InChI=1S/C31H42F3N7O3/c1-40-27(16-44-28-12-25(10-11-37-28)31(32,33)34)38-39-29(40)23-6-4-22(5-7-23)24(13-35)15-36-14-21-2-8-26(9-3-21)41-17-30(18-41,19-42)20-43/h10-15,21-23,26,35,42-43H,2-9,16-20H2,1H3/b24-15+,35-13?,36-14?. The van der Waals surface area contributed by atoms with Gasteiger partial charge >= 0.3 is 6.18 Å². The summed E-state index contributed by atoms with van der Waals surface area (Å²) in [5, 5.41) is 35.6. The van der Waals surface area contributed by atoms with Crippen LogP contribution < -0.4 is 4.74 Å². The minimum absolute atomic E-state index is 0.0368. The maximum Gasteiger partial charge on any atom is 0.416 e. The van der Waals surface area contributed by atoms with Crippen molar-refractivity contribution in [2.45, 2.75) is 76.1 Å². The number of rotatable bonds is 11. The van der Waals surface area contributed by atoms with Gasteiger partial charge in [0.1, 0.15) is 12.4 Å². The molecule has 0 atom stereocenters. The summed E-state index contributed by atoms with van der Waals surface area (Å²) >= 11 is 0. The Morgan fingerprint density at radius 2 is 1.80 bits per heavy atom. The molecular formula is C31H42F3N7O3. The summed E-state index contributed by atoms with van der Waals surface area (Å²) in [5.41, 5.74) is -0.213. The average Bonchev–Trinajstić information content (AvgIpc) is 3.38. The third-order valence-electron chi connectivity index (χ3n) is 9.67. The highest BCUT2D eigenvalue weighted by atomic mass is 19.4. The highest BCUT2D eigenvalue weighted by molar-refractivity contribution is 5.77. The number of pyridine rings is 1. The van der Waals surface area contributed by atoms with Crippen LogP contribution >= 0.6 is 0 Å². The molecule has 3 heterocycles. The molecule has 3 N–H and O–H groups in total. The number of hydrogen-bond donors (Lipinski definition) is 3. The summed E-state index contributed by atoms with van der Waals surface area (Å²) in [6.45, 7) is 1.57. The second-order valence-electron chi connectivity index (χ2n) is 12.6. The molecule has 13 heteroatoms. The summed E-state index contributed by atoms with van der Waals surface area (Å²) < 4.78 is 46.3. The molecule has 2 saturated carbocycles. The Kier molecular flexibility index (Phi) is 10.2. The van der Waals surface area contributed by atoms with Crippen molar-refractivity contribution < 1.29 is 28.1 Å². The van der Waals surface area contributed by atoms with Crippen LogP contribution in [-0.2, 0) is 19.8 Å². The van der Waals surface area contributed by atoms with E-state index in [4.69, 9.17) is 10.1 Å². The molecule has 1 aliphatic heterocycles. The fraction of sp³-hybridized carbons (Fsp3) is 0.645. The van der Waals surface area contributed by atoms with Crippen molar-refractivity contribution in [1.82, 2.24) is 24.6 Å². The van der Waals surface area contributed by atoms with Gasteiger partial charge in [0.25, 0.3) is 0 Å². The molecule has 5 rings (SSSR count). The lowest BCUT2D eigenvalue weighted by molar-refractivity contribution is -0.137. The van der Waals surface area contributed by atoms with Crippen LogP contribution in [-0.4, -0.2) is 79.6 Å². The smallest absolute Gasteiger partial charge is 0.416 e. The summed E-state index contributed by atoms with van der Waals surface area (Å²) in [6, 6.07) is 2.29. The van der Waals surface area contributed by atoms with Crippen molar-refractivity contribution in [3.8, 4) is 5.88 Å². The molecular weight excluding hydrogens is 575 g/mol. The van der Waals surface area contributed by atoms with Crippen LogP contribution in [0.3, 0.4) is 0 Å². The number of likely N-dealkylation sites (tertiary alicyclic amines) is 1. The highest BCUT2D eigenvalue weighted by Crippen LogP contribution is 2.39. The summed E-state index contributed by atoms with van der Waals surface area (Å²) in [5.74, 6) is 2.09.